The standard InChI is InChI=1S/C21H41NO3/c1-5-7-9-10-12-19(11-8-6-2)17-22-20(23)15-16-25-21(24)14-13-18(3)4/h18-19H,5-17H2,1-4H3,(H,22,23). The molecule has 0 aromatic carbocycles. The molecule has 0 radical (unpaired) electrons. The van der Waals surface area contributed by atoms with Gasteiger partial charge in [0.2, 0.25) is 5.91 Å². The van der Waals surface area contributed by atoms with E-state index in [-0.39, 0.29) is 24.9 Å². The highest BCUT2D eigenvalue weighted by Crippen LogP contribution is 2.16. The number of ether oxygens (including phenoxy) is 1. The number of unbranched alkanes of at least 4 members (excludes halogenated alkanes) is 4. The van der Waals surface area contributed by atoms with Crippen molar-refractivity contribution in [3.8, 4) is 0 Å². The second-order valence-electron chi connectivity index (χ2n) is 7.56. The Hall–Kier alpha value is -1.06. The van der Waals surface area contributed by atoms with Crippen LogP contribution in [0.25, 0.3) is 0 Å². The van der Waals surface area contributed by atoms with Crippen molar-refractivity contribution < 1.29 is 14.3 Å². The summed E-state index contributed by atoms with van der Waals surface area (Å²) >= 11 is 0. The van der Waals surface area contributed by atoms with Gasteiger partial charge in [-0.1, -0.05) is 66.2 Å². The minimum Gasteiger partial charge on any atom is -0.465 e. The molecule has 0 aliphatic carbocycles. The molecule has 0 heterocycles. The first-order valence-electron chi connectivity index (χ1n) is 10.4. The van der Waals surface area contributed by atoms with Crippen LogP contribution in [0.2, 0.25) is 0 Å². The molecule has 0 bridgehead atoms. The lowest BCUT2D eigenvalue weighted by atomic mass is 9.95. The smallest absolute Gasteiger partial charge is 0.305 e. The van der Waals surface area contributed by atoms with Gasteiger partial charge in [-0.25, -0.2) is 0 Å². The zero-order valence-electron chi connectivity index (χ0n) is 17.1. The normalized spacial score (nSPS) is 12.2. The summed E-state index contributed by atoms with van der Waals surface area (Å²) in [6.45, 7) is 9.55. The maximum Gasteiger partial charge on any atom is 0.305 e. The van der Waals surface area contributed by atoms with Gasteiger partial charge in [0.05, 0.1) is 6.42 Å². The fourth-order valence-corrected chi connectivity index (χ4v) is 2.78. The second-order valence-corrected chi connectivity index (χ2v) is 7.56. The zero-order valence-corrected chi connectivity index (χ0v) is 17.1. The molecule has 4 heteroatoms. The number of hydrogen-bond acceptors (Lipinski definition) is 3. The third kappa shape index (κ3) is 16.2. The van der Waals surface area contributed by atoms with E-state index in [9.17, 15) is 9.59 Å². The number of carbonyl (C=O) groups is 2. The minimum atomic E-state index is -0.196. The van der Waals surface area contributed by atoms with Crippen LogP contribution in [0.5, 0.6) is 0 Å². The van der Waals surface area contributed by atoms with Gasteiger partial charge in [-0.3, -0.25) is 9.59 Å². The lowest BCUT2D eigenvalue weighted by Crippen LogP contribution is -2.30. The first kappa shape index (κ1) is 23.9. The third-order valence-electron chi connectivity index (χ3n) is 4.54. The summed E-state index contributed by atoms with van der Waals surface area (Å²) in [7, 11) is 0. The largest absolute Gasteiger partial charge is 0.465 e. The number of hydrogen-bond donors (Lipinski definition) is 1. The second kappa shape index (κ2) is 16.4. The van der Waals surface area contributed by atoms with E-state index in [0.29, 0.717) is 18.3 Å². The van der Waals surface area contributed by atoms with Gasteiger partial charge >= 0.3 is 5.97 Å². The first-order valence-corrected chi connectivity index (χ1v) is 10.4. The molecule has 0 fully saturated rings. The maximum atomic E-state index is 11.9. The Morgan fingerprint density at radius 2 is 1.56 bits per heavy atom. The Bertz CT molecular complexity index is 342. The lowest BCUT2D eigenvalue weighted by molar-refractivity contribution is -0.144. The van der Waals surface area contributed by atoms with Crippen molar-refractivity contribution in [2.24, 2.45) is 11.8 Å². The molecule has 1 amide bonds. The van der Waals surface area contributed by atoms with Crippen molar-refractivity contribution in [1.82, 2.24) is 5.32 Å². The van der Waals surface area contributed by atoms with Gasteiger partial charge < -0.3 is 10.1 Å². The lowest BCUT2D eigenvalue weighted by Gasteiger charge is -2.17. The average molecular weight is 356 g/mol. The van der Waals surface area contributed by atoms with Crippen LogP contribution >= 0.6 is 0 Å². The number of nitrogens with one attached hydrogen (secondary N) is 1. The number of esters is 1. The summed E-state index contributed by atoms with van der Waals surface area (Å²) in [6, 6.07) is 0. The molecule has 148 valence electrons. The van der Waals surface area contributed by atoms with Crippen molar-refractivity contribution in [2.45, 2.75) is 98.3 Å². The topological polar surface area (TPSA) is 55.4 Å². The molecule has 0 aromatic heterocycles. The Balaban J connectivity index is 3.89. The van der Waals surface area contributed by atoms with Gasteiger partial charge in [0, 0.05) is 13.0 Å². The molecule has 0 saturated carbocycles. The molecular weight excluding hydrogens is 314 g/mol. The van der Waals surface area contributed by atoms with Crippen LogP contribution in [-0.4, -0.2) is 25.0 Å². The van der Waals surface area contributed by atoms with Gasteiger partial charge in [0.15, 0.2) is 0 Å². The van der Waals surface area contributed by atoms with Crippen LogP contribution in [0.1, 0.15) is 98.3 Å². The van der Waals surface area contributed by atoms with E-state index in [2.05, 4.69) is 33.0 Å². The highest BCUT2D eigenvalue weighted by Gasteiger charge is 2.11. The summed E-state index contributed by atoms with van der Waals surface area (Å²) in [5.41, 5.74) is 0. The van der Waals surface area contributed by atoms with Gasteiger partial charge in [-0.05, 0) is 31.1 Å². The van der Waals surface area contributed by atoms with Crippen molar-refractivity contribution >= 4 is 11.9 Å². The van der Waals surface area contributed by atoms with Crippen molar-refractivity contribution in [3.05, 3.63) is 0 Å². The number of rotatable bonds is 16. The molecule has 0 aromatic rings. The summed E-state index contributed by atoms with van der Waals surface area (Å²) in [5, 5.41) is 3.03. The Morgan fingerprint density at radius 1 is 0.880 bits per heavy atom. The summed E-state index contributed by atoms with van der Waals surface area (Å²) < 4.78 is 5.13. The number of amides is 1. The molecular formula is C21H41NO3. The molecule has 0 saturated heterocycles. The maximum absolute atomic E-state index is 11.9. The monoisotopic (exact) mass is 355 g/mol. The van der Waals surface area contributed by atoms with Crippen LogP contribution < -0.4 is 5.32 Å². The van der Waals surface area contributed by atoms with Crippen LogP contribution in [0, 0.1) is 11.8 Å². The van der Waals surface area contributed by atoms with Crippen LogP contribution in [0.3, 0.4) is 0 Å². The predicted molar refractivity (Wildman–Crippen MR) is 104 cm³/mol. The van der Waals surface area contributed by atoms with Crippen LogP contribution in [0.4, 0.5) is 0 Å². The first-order chi connectivity index (χ1) is 12.0. The summed E-state index contributed by atoms with van der Waals surface area (Å²) in [4.78, 5) is 23.5. The molecule has 4 nitrogen and oxygen atoms in total. The highest BCUT2D eigenvalue weighted by atomic mass is 16.5. The van der Waals surface area contributed by atoms with E-state index in [4.69, 9.17) is 4.74 Å². The van der Waals surface area contributed by atoms with Gasteiger partial charge in [-0.2, -0.15) is 0 Å². The van der Waals surface area contributed by atoms with E-state index in [1.54, 1.807) is 0 Å². The van der Waals surface area contributed by atoms with Gasteiger partial charge in [0.25, 0.3) is 0 Å². The fraction of sp³-hybridized carbons (Fsp3) is 0.905. The van der Waals surface area contributed by atoms with E-state index >= 15 is 0 Å². The average Bonchev–Trinajstić information content (AvgIpc) is 2.58. The predicted octanol–water partition coefficient (Wildman–Crippen LogP) is 5.25. The van der Waals surface area contributed by atoms with E-state index in [0.717, 1.165) is 13.0 Å². The molecule has 0 spiro atoms. The third-order valence-corrected chi connectivity index (χ3v) is 4.54. The quantitative estimate of drug-likeness (QED) is 0.304. The van der Waals surface area contributed by atoms with Crippen molar-refractivity contribution in [3.63, 3.8) is 0 Å². The van der Waals surface area contributed by atoms with Crippen LogP contribution in [-0.2, 0) is 14.3 Å². The molecule has 1 atom stereocenters. The molecule has 25 heavy (non-hydrogen) atoms. The van der Waals surface area contributed by atoms with E-state index in [1.165, 1.54) is 51.4 Å². The molecule has 1 unspecified atom stereocenters. The van der Waals surface area contributed by atoms with Crippen molar-refractivity contribution in [1.29, 1.82) is 0 Å². The molecule has 0 aliphatic rings. The Labute approximate surface area is 155 Å². The molecule has 0 aliphatic heterocycles. The van der Waals surface area contributed by atoms with E-state index < -0.39 is 0 Å². The SMILES string of the molecule is CCCCCCC(CCCC)CNC(=O)CCOC(=O)CCC(C)C. The van der Waals surface area contributed by atoms with Gasteiger partial charge in [-0.15, -0.1) is 0 Å². The molecule has 0 rings (SSSR count). The fourth-order valence-electron chi connectivity index (χ4n) is 2.78. The highest BCUT2D eigenvalue weighted by molar-refractivity contribution is 5.76. The van der Waals surface area contributed by atoms with E-state index in [1.807, 2.05) is 0 Å². The van der Waals surface area contributed by atoms with Gasteiger partial charge in [0.1, 0.15) is 6.61 Å². The Kier molecular flexibility index (Phi) is 15.7. The number of carbonyl (C=O) groups excluding carboxylic acids is 2. The minimum absolute atomic E-state index is 0.00767. The zero-order chi connectivity index (χ0) is 18.9. The Morgan fingerprint density at radius 3 is 2.20 bits per heavy atom. The van der Waals surface area contributed by atoms with Crippen LogP contribution in [0.15, 0.2) is 0 Å². The van der Waals surface area contributed by atoms with Crippen molar-refractivity contribution in [2.75, 3.05) is 13.2 Å². The summed E-state index contributed by atoms with van der Waals surface area (Å²) in [5.74, 6) is 0.868. The summed E-state index contributed by atoms with van der Waals surface area (Å²) in [6.07, 6.45) is 11.5. The molecule has 1 N–H and O–H groups in total.